The molecule has 0 aliphatic rings. The number of aliphatic carboxylic acids is 1. The molecule has 0 saturated heterocycles. The predicted molar refractivity (Wildman–Crippen MR) is 126 cm³/mol. The second-order valence-corrected chi connectivity index (χ2v) is 7.59. The number of carboxylic acids is 1. The number of pyridine rings is 1. The van der Waals surface area contributed by atoms with Gasteiger partial charge in [-0.15, -0.1) is 0 Å². The van der Waals surface area contributed by atoms with Crippen molar-refractivity contribution in [1.82, 2.24) is 14.9 Å². The van der Waals surface area contributed by atoms with E-state index in [1.54, 1.807) is 18.5 Å². The Morgan fingerprint density at radius 2 is 1.75 bits per heavy atom. The Morgan fingerprint density at radius 1 is 1.06 bits per heavy atom. The first kappa shape index (κ1) is 25.8. The molecule has 0 radical (unpaired) electrons. The number of nitrogen functional groups attached to an aromatic ring is 1. The number of anilines is 1. The number of hydrogen-bond acceptors (Lipinski definition) is 5. The number of nitriles is 1. The van der Waals surface area contributed by atoms with E-state index in [9.17, 15) is 23.2 Å². The number of carbonyl (C=O) groups excluding carboxylic acids is 1. The Kier molecular flexibility index (Phi) is 7.91. The number of alkyl halides is 3. The molecule has 4 N–H and O–H groups in total. The maximum absolute atomic E-state index is 13.0. The highest BCUT2D eigenvalue weighted by Crippen LogP contribution is 2.24. The van der Waals surface area contributed by atoms with E-state index in [2.05, 4.69) is 16.4 Å². The molecule has 36 heavy (non-hydrogen) atoms. The maximum Gasteiger partial charge on any atom is 0.490 e. The Balaban J connectivity index is 0.000000454. The van der Waals surface area contributed by atoms with E-state index in [1.165, 1.54) is 0 Å². The highest BCUT2D eigenvalue weighted by atomic mass is 19.4. The minimum atomic E-state index is -5.08. The zero-order valence-electron chi connectivity index (χ0n) is 18.7. The molecule has 0 unspecified atom stereocenters. The fraction of sp³-hybridized carbons (Fsp3) is 0.120. The van der Waals surface area contributed by atoms with Gasteiger partial charge < -0.3 is 20.7 Å². The minimum Gasteiger partial charge on any atom is -0.475 e. The number of rotatable bonds is 5. The van der Waals surface area contributed by atoms with E-state index in [0.29, 0.717) is 30.0 Å². The number of fused-ring (bicyclic) bond motifs is 1. The van der Waals surface area contributed by atoms with Crippen molar-refractivity contribution in [3.63, 3.8) is 0 Å². The lowest BCUT2D eigenvalue weighted by Crippen LogP contribution is -2.25. The third kappa shape index (κ3) is 6.60. The van der Waals surface area contributed by atoms with Crippen LogP contribution in [0.5, 0.6) is 0 Å². The molecule has 11 heteroatoms. The molecule has 2 aromatic heterocycles. The summed E-state index contributed by atoms with van der Waals surface area (Å²) < 4.78 is 33.7. The lowest BCUT2D eigenvalue weighted by atomic mass is 10.1. The van der Waals surface area contributed by atoms with Crippen molar-refractivity contribution >= 4 is 28.5 Å². The zero-order valence-corrected chi connectivity index (χ0v) is 18.7. The summed E-state index contributed by atoms with van der Waals surface area (Å²) in [5.41, 5.74) is 10.5. The lowest BCUT2D eigenvalue weighted by Gasteiger charge is -2.12. The summed E-state index contributed by atoms with van der Waals surface area (Å²) in [6, 6.07) is 20.7. The fourth-order valence-corrected chi connectivity index (χ4v) is 3.34. The monoisotopic (exact) mass is 495 g/mol. The van der Waals surface area contributed by atoms with Crippen LogP contribution < -0.4 is 11.1 Å². The fourth-order valence-electron chi connectivity index (χ4n) is 3.34. The second kappa shape index (κ2) is 11.1. The van der Waals surface area contributed by atoms with Crippen LogP contribution in [-0.2, 0) is 17.9 Å². The van der Waals surface area contributed by atoms with E-state index in [1.807, 2.05) is 59.2 Å². The molecule has 0 saturated carbocycles. The van der Waals surface area contributed by atoms with Crippen molar-refractivity contribution in [2.75, 3.05) is 5.73 Å². The number of carboxylic acid groups (broad SMARTS) is 1. The lowest BCUT2D eigenvalue weighted by molar-refractivity contribution is -0.192. The van der Waals surface area contributed by atoms with Crippen LogP contribution in [0.3, 0.4) is 0 Å². The van der Waals surface area contributed by atoms with Crippen LogP contribution in [0.4, 0.5) is 18.9 Å². The quantitative estimate of drug-likeness (QED) is 0.357. The molecule has 4 rings (SSSR count). The molecule has 0 bridgehead atoms. The molecule has 184 valence electrons. The number of benzene rings is 2. The molecule has 4 aromatic rings. The molecule has 0 fully saturated rings. The van der Waals surface area contributed by atoms with Crippen molar-refractivity contribution in [2.45, 2.75) is 19.3 Å². The molecule has 0 aliphatic heterocycles. The van der Waals surface area contributed by atoms with Crippen LogP contribution in [0.15, 0.2) is 73.1 Å². The second-order valence-electron chi connectivity index (χ2n) is 7.59. The summed E-state index contributed by atoms with van der Waals surface area (Å²) >= 11 is 0. The first-order valence-corrected chi connectivity index (χ1v) is 10.4. The molecule has 0 spiro atoms. The molecular formula is C25H20F3N5O3. The van der Waals surface area contributed by atoms with Crippen LogP contribution in [-0.4, -0.2) is 32.7 Å². The predicted octanol–water partition coefficient (Wildman–Crippen LogP) is 4.10. The van der Waals surface area contributed by atoms with Gasteiger partial charge in [0.05, 0.1) is 11.6 Å². The highest BCUT2D eigenvalue weighted by molar-refractivity contribution is 5.99. The number of carbonyl (C=O) groups is 2. The molecule has 0 atom stereocenters. The van der Waals surface area contributed by atoms with Gasteiger partial charge in [0.2, 0.25) is 0 Å². The Bertz CT molecular complexity index is 1430. The number of nitrogens with one attached hydrogen (secondary N) is 1. The van der Waals surface area contributed by atoms with Crippen LogP contribution in [0.25, 0.3) is 10.9 Å². The summed E-state index contributed by atoms with van der Waals surface area (Å²) in [6.07, 6.45) is -1.69. The molecule has 8 nitrogen and oxygen atoms in total. The number of hydrogen-bond donors (Lipinski definition) is 3. The Labute approximate surface area is 203 Å². The van der Waals surface area contributed by atoms with E-state index >= 15 is 0 Å². The normalized spacial score (nSPS) is 10.7. The van der Waals surface area contributed by atoms with Crippen LogP contribution in [0.1, 0.15) is 27.2 Å². The average molecular weight is 495 g/mol. The standard InChI is InChI=1S/C23H19N5O.C2HF3O2/c24-13-17-2-1-3-18(10-17)15-28-21-5-4-20(25)11-19(21)12-22(28)23(29)27-14-16-6-8-26-9-7-16;3-2(4,5)1(6)7/h1-12H,14-15,25H2,(H,27,29);(H,6,7). The molecule has 2 heterocycles. The third-order valence-corrected chi connectivity index (χ3v) is 5.00. The summed E-state index contributed by atoms with van der Waals surface area (Å²) in [4.78, 5) is 25.9. The van der Waals surface area contributed by atoms with Crippen LogP contribution in [0, 0.1) is 11.3 Å². The summed E-state index contributed by atoms with van der Waals surface area (Å²) in [5.74, 6) is -2.93. The van der Waals surface area contributed by atoms with E-state index < -0.39 is 12.1 Å². The topological polar surface area (TPSA) is 134 Å². The number of aromatic nitrogens is 2. The Hall–Kier alpha value is -4.85. The van der Waals surface area contributed by atoms with Gasteiger partial charge in [0, 0.05) is 42.1 Å². The Morgan fingerprint density at radius 3 is 2.39 bits per heavy atom. The van der Waals surface area contributed by atoms with Crippen molar-refractivity contribution in [1.29, 1.82) is 5.26 Å². The van der Waals surface area contributed by atoms with Gasteiger partial charge in [0.15, 0.2) is 0 Å². The third-order valence-electron chi connectivity index (χ3n) is 5.00. The molecule has 2 aromatic carbocycles. The van der Waals surface area contributed by atoms with E-state index in [-0.39, 0.29) is 5.91 Å². The van der Waals surface area contributed by atoms with Gasteiger partial charge in [-0.3, -0.25) is 9.78 Å². The van der Waals surface area contributed by atoms with Crippen LogP contribution in [0.2, 0.25) is 0 Å². The van der Waals surface area contributed by atoms with Gasteiger partial charge in [-0.2, -0.15) is 18.4 Å². The van der Waals surface area contributed by atoms with Crippen molar-refractivity contribution in [3.05, 3.63) is 95.4 Å². The van der Waals surface area contributed by atoms with Gasteiger partial charge in [-0.1, -0.05) is 12.1 Å². The van der Waals surface area contributed by atoms with E-state index in [4.69, 9.17) is 15.6 Å². The summed E-state index contributed by atoms with van der Waals surface area (Å²) in [7, 11) is 0. The average Bonchev–Trinajstić information content (AvgIpc) is 3.20. The number of halogens is 3. The number of nitrogens with zero attached hydrogens (tertiary/aromatic N) is 3. The summed E-state index contributed by atoms with van der Waals surface area (Å²) in [6.45, 7) is 0.885. The van der Waals surface area contributed by atoms with Crippen molar-refractivity contribution in [3.8, 4) is 6.07 Å². The van der Waals surface area contributed by atoms with Gasteiger partial charge in [0.25, 0.3) is 5.91 Å². The number of amides is 1. The van der Waals surface area contributed by atoms with Crippen LogP contribution >= 0.6 is 0 Å². The summed E-state index contributed by atoms with van der Waals surface area (Å²) in [5, 5.41) is 20.2. The van der Waals surface area contributed by atoms with Gasteiger partial charge in [-0.25, -0.2) is 4.79 Å². The van der Waals surface area contributed by atoms with Gasteiger partial charge in [-0.05, 0) is 59.7 Å². The largest absolute Gasteiger partial charge is 0.490 e. The maximum atomic E-state index is 13.0. The smallest absolute Gasteiger partial charge is 0.475 e. The molecule has 1 amide bonds. The van der Waals surface area contributed by atoms with Crippen molar-refractivity contribution < 1.29 is 27.9 Å². The van der Waals surface area contributed by atoms with Gasteiger partial charge >= 0.3 is 12.1 Å². The highest BCUT2D eigenvalue weighted by Gasteiger charge is 2.38. The number of nitrogens with two attached hydrogens (primary N) is 1. The van der Waals surface area contributed by atoms with Crippen molar-refractivity contribution in [2.24, 2.45) is 0 Å². The zero-order chi connectivity index (χ0) is 26.3. The molecule has 0 aliphatic carbocycles. The first-order chi connectivity index (χ1) is 17.1. The van der Waals surface area contributed by atoms with Gasteiger partial charge in [0.1, 0.15) is 5.69 Å². The SMILES string of the molecule is N#Cc1cccc(Cn2c(C(=O)NCc3ccncc3)cc3cc(N)ccc32)c1.O=C(O)C(F)(F)F. The molecular weight excluding hydrogens is 475 g/mol. The minimum absolute atomic E-state index is 0.173. The first-order valence-electron chi connectivity index (χ1n) is 10.4. The van der Waals surface area contributed by atoms with E-state index in [0.717, 1.165) is 22.0 Å².